The number of aromatic carboxylic acids is 1. The molecule has 0 saturated heterocycles. The number of nitrogens with two attached hydrogens (primary N) is 1. The third-order valence-corrected chi connectivity index (χ3v) is 2.81. The number of rotatable bonds is 4. The van der Waals surface area contributed by atoms with Gasteiger partial charge in [-0.2, -0.15) is 0 Å². The number of hydrogen-bond donors (Lipinski definition) is 2. The van der Waals surface area contributed by atoms with Gasteiger partial charge in [0.15, 0.2) is 0 Å². The molecule has 1 aromatic rings. The second-order valence-corrected chi connectivity index (χ2v) is 3.80. The molecule has 3 nitrogen and oxygen atoms in total. The monoisotopic (exact) mass is 207 g/mol. The molecule has 1 unspecified atom stereocenters. The summed E-state index contributed by atoms with van der Waals surface area (Å²) in [4.78, 5) is 11.0. The molecule has 1 rings (SSSR count). The van der Waals surface area contributed by atoms with Gasteiger partial charge in [-0.15, -0.1) is 0 Å². The molecule has 15 heavy (non-hydrogen) atoms. The van der Waals surface area contributed by atoms with E-state index in [2.05, 4.69) is 0 Å². The highest BCUT2D eigenvalue weighted by Gasteiger charge is 2.18. The lowest BCUT2D eigenvalue weighted by atomic mass is 9.90. The molecule has 0 saturated carbocycles. The Kier molecular flexibility index (Phi) is 3.86. The average molecular weight is 207 g/mol. The quantitative estimate of drug-likeness (QED) is 0.797. The highest BCUT2D eigenvalue weighted by molar-refractivity contribution is 5.89. The van der Waals surface area contributed by atoms with Gasteiger partial charge in [0.05, 0.1) is 5.56 Å². The molecule has 0 aliphatic heterocycles. The summed E-state index contributed by atoms with van der Waals surface area (Å²) in [7, 11) is 0. The molecule has 0 fully saturated rings. The van der Waals surface area contributed by atoms with Crippen LogP contribution in [0, 0.1) is 5.92 Å². The van der Waals surface area contributed by atoms with E-state index in [-0.39, 0.29) is 12.0 Å². The molecule has 0 amide bonds. The fourth-order valence-corrected chi connectivity index (χ4v) is 1.54. The van der Waals surface area contributed by atoms with E-state index in [1.807, 2.05) is 19.9 Å². The first kappa shape index (κ1) is 11.7. The predicted octanol–water partition coefficient (Wildman–Crippen LogP) is 2.43. The normalized spacial score (nSPS) is 14.6. The van der Waals surface area contributed by atoms with Gasteiger partial charge in [-0.05, 0) is 17.5 Å². The number of carboxylic acids is 1. The highest BCUT2D eigenvalue weighted by atomic mass is 16.4. The van der Waals surface area contributed by atoms with Gasteiger partial charge in [-0.1, -0.05) is 38.5 Å². The van der Waals surface area contributed by atoms with E-state index >= 15 is 0 Å². The number of hydrogen-bond acceptors (Lipinski definition) is 2. The van der Waals surface area contributed by atoms with Crippen molar-refractivity contribution in [1.82, 2.24) is 0 Å². The van der Waals surface area contributed by atoms with Gasteiger partial charge in [-0.25, -0.2) is 4.79 Å². The molecule has 82 valence electrons. The summed E-state index contributed by atoms with van der Waals surface area (Å²) in [6, 6.07) is 6.72. The van der Waals surface area contributed by atoms with Gasteiger partial charge in [0.25, 0.3) is 0 Å². The van der Waals surface area contributed by atoms with Crippen LogP contribution in [0.15, 0.2) is 24.3 Å². The van der Waals surface area contributed by atoms with Gasteiger partial charge >= 0.3 is 5.97 Å². The van der Waals surface area contributed by atoms with Crippen molar-refractivity contribution in [3.8, 4) is 0 Å². The molecule has 0 spiro atoms. The van der Waals surface area contributed by atoms with Crippen molar-refractivity contribution >= 4 is 5.97 Å². The Bertz CT molecular complexity index is 349. The number of carboxylic acid groups (broad SMARTS) is 1. The fourth-order valence-electron chi connectivity index (χ4n) is 1.54. The minimum atomic E-state index is -0.913. The first-order chi connectivity index (χ1) is 7.07. The average Bonchev–Trinajstić information content (AvgIpc) is 2.27. The molecular weight excluding hydrogens is 190 g/mol. The van der Waals surface area contributed by atoms with Gasteiger partial charge in [0, 0.05) is 6.04 Å². The van der Waals surface area contributed by atoms with Gasteiger partial charge < -0.3 is 10.8 Å². The van der Waals surface area contributed by atoms with E-state index in [0.29, 0.717) is 5.56 Å². The zero-order valence-corrected chi connectivity index (χ0v) is 9.10. The van der Waals surface area contributed by atoms with Crippen molar-refractivity contribution < 1.29 is 9.90 Å². The first-order valence-electron chi connectivity index (χ1n) is 5.15. The minimum absolute atomic E-state index is 0.206. The molecule has 0 radical (unpaired) electrons. The molecule has 0 aromatic heterocycles. The van der Waals surface area contributed by atoms with Crippen molar-refractivity contribution in [3.05, 3.63) is 35.4 Å². The molecule has 0 heterocycles. The maximum absolute atomic E-state index is 11.0. The minimum Gasteiger partial charge on any atom is -0.478 e. The van der Waals surface area contributed by atoms with E-state index in [4.69, 9.17) is 10.8 Å². The molecule has 3 heteroatoms. The van der Waals surface area contributed by atoms with Gasteiger partial charge in [-0.3, -0.25) is 0 Å². The topological polar surface area (TPSA) is 63.3 Å². The highest BCUT2D eigenvalue weighted by Crippen LogP contribution is 2.24. The Morgan fingerprint density at radius 2 is 2.07 bits per heavy atom. The SMILES string of the molecule is CCC(C)[C@@H](N)c1ccccc1C(=O)O. The Hall–Kier alpha value is -1.35. The first-order valence-corrected chi connectivity index (χ1v) is 5.15. The van der Waals surface area contributed by atoms with Crippen LogP contribution in [0.2, 0.25) is 0 Å². The summed E-state index contributed by atoms with van der Waals surface area (Å²) in [5.74, 6) is -0.630. The van der Waals surface area contributed by atoms with E-state index < -0.39 is 5.97 Å². The molecule has 0 aliphatic carbocycles. The molecule has 2 atom stereocenters. The lowest BCUT2D eigenvalue weighted by Gasteiger charge is -2.20. The smallest absolute Gasteiger partial charge is 0.336 e. The Morgan fingerprint density at radius 1 is 1.47 bits per heavy atom. The largest absolute Gasteiger partial charge is 0.478 e. The number of carbonyl (C=O) groups is 1. The maximum Gasteiger partial charge on any atom is 0.336 e. The Morgan fingerprint density at radius 3 is 2.60 bits per heavy atom. The van der Waals surface area contributed by atoms with Crippen molar-refractivity contribution in [1.29, 1.82) is 0 Å². The van der Waals surface area contributed by atoms with Crippen LogP contribution in [0.3, 0.4) is 0 Å². The predicted molar refractivity (Wildman–Crippen MR) is 59.8 cm³/mol. The lowest BCUT2D eigenvalue weighted by molar-refractivity contribution is 0.0694. The van der Waals surface area contributed by atoms with Crippen molar-refractivity contribution in [2.75, 3.05) is 0 Å². The summed E-state index contributed by atoms with van der Waals surface area (Å²) < 4.78 is 0. The van der Waals surface area contributed by atoms with Crippen LogP contribution in [0.4, 0.5) is 0 Å². The van der Waals surface area contributed by atoms with E-state index in [9.17, 15) is 4.79 Å². The van der Waals surface area contributed by atoms with Crippen LogP contribution in [0.5, 0.6) is 0 Å². The molecule has 0 aliphatic rings. The van der Waals surface area contributed by atoms with Crippen LogP contribution in [0.25, 0.3) is 0 Å². The van der Waals surface area contributed by atoms with Crippen LogP contribution in [-0.4, -0.2) is 11.1 Å². The Labute approximate surface area is 89.9 Å². The van der Waals surface area contributed by atoms with E-state index in [1.54, 1.807) is 18.2 Å². The van der Waals surface area contributed by atoms with Crippen LogP contribution < -0.4 is 5.73 Å². The summed E-state index contributed by atoms with van der Waals surface area (Å²) in [5, 5.41) is 9.01. The zero-order valence-electron chi connectivity index (χ0n) is 9.10. The molecule has 3 N–H and O–H groups in total. The second kappa shape index (κ2) is 4.94. The van der Waals surface area contributed by atoms with Crippen LogP contribution in [-0.2, 0) is 0 Å². The zero-order chi connectivity index (χ0) is 11.4. The standard InChI is InChI=1S/C12H17NO2/c1-3-8(2)11(13)9-6-4-5-7-10(9)12(14)15/h4-8,11H,3,13H2,1-2H3,(H,14,15)/t8?,11-/m1/s1. The number of benzene rings is 1. The van der Waals surface area contributed by atoms with E-state index in [0.717, 1.165) is 12.0 Å². The van der Waals surface area contributed by atoms with Crippen LogP contribution >= 0.6 is 0 Å². The van der Waals surface area contributed by atoms with Crippen LogP contribution in [0.1, 0.15) is 42.2 Å². The molecule has 1 aromatic carbocycles. The second-order valence-electron chi connectivity index (χ2n) is 3.80. The van der Waals surface area contributed by atoms with Gasteiger partial charge in [0.1, 0.15) is 0 Å². The van der Waals surface area contributed by atoms with Crippen molar-refractivity contribution in [3.63, 3.8) is 0 Å². The summed E-state index contributed by atoms with van der Waals surface area (Å²) in [5.41, 5.74) is 7.06. The Balaban J connectivity index is 3.07. The summed E-state index contributed by atoms with van der Waals surface area (Å²) in [6.07, 6.45) is 0.940. The molecular formula is C12H17NO2. The van der Waals surface area contributed by atoms with E-state index in [1.165, 1.54) is 0 Å². The maximum atomic E-state index is 11.0. The summed E-state index contributed by atoms with van der Waals surface area (Å²) >= 11 is 0. The van der Waals surface area contributed by atoms with Gasteiger partial charge in [0.2, 0.25) is 0 Å². The third kappa shape index (κ3) is 2.57. The van der Waals surface area contributed by atoms with Crippen molar-refractivity contribution in [2.45, 2.75) is 26.3 Å². The fraction of sp³-hybridized carbons (Fsp3) is 0.417. The lowest BCUT2D eigenvalue weighted by Crippen LogP contribution is -2.21. The summed E-state index contributed by atoms with van der Waals surface area (Å²) in [6.45, 7) is 4.08. The van der Waals surface area contributed by atoms with Crippen molar-refractivity contribution in [2.24, 2.45) is 11.7 Å². The molecule has 0 bridgehead atoms. The third-order valence-electron chi connectivity index (χ3n) is 2.81.